The molecule has 0 aliphatic rings. The molecule has 1 aromatic rings. The molecule has 0 spiro atoms. The summed E-state index contributed by atoms with van der Waals surface area (Å²) in [4.78, 5) is 13.8. The Kier molecular flexibility index (Phi) is 5.16. The van der Waals surface area contributed by atoms with Crippen molar-refractivity contribution in [3.05, 3.63) is 22.1 Å². The largest absolute Gasteiger partial charge is 0.388 e. The van der Waals surface area contributed by atoms with Crippen LogP contribution in [0, 0.1) is 17.0 Å². The van der Waals surface area contributed by atoms with Gasteiger partial charge in [-0.05, 0) is 4.92 Å². The predicted octanol–water partition coefficient (Wildman–Crippen LogP) is -1.20. The zero-order chi connectivity index (χ0) is 15.5. The Balaban J connectivity index is 2.73. The lowest BCUT2D eigenvalue weighted by Crippen LogP contribution is -2.35. The molecule has 2 unspecified atom stereocenters. The van der Waals surface area contributed by atoms with Gasteiger partial charge in [-0.15, -0.1) is 0 Å². The fourth-order valence-electron chi connectivity index (χ4n) is 1.44. The standard InChI is InChI=1S/C9H15N3O7S/c1-6-10-3-9(12(15)16)11(6)4-7(13)8(14)5-19-20(2,17)18/h3,7-8,13-14H,4-5H2,1-2H3. The molecule has 2 N–H and O–H groups in total. The molecule has 0 saturated heterocycles. The summed E-state index contributed by atoms with van der Waals surface area (Å²) in [6.45, 7) is 0.553. The van der Waals surface area contributed by atoms with Crippen LogP contribution >= 0.6 is 0 Å². The van der Waals surface area contributed by atoms with Gasteiger partial charge in [0, 0.05) is 6.92 Å². The van der Waals surface area contributed by atoms with Crippen molar-refractivity contribution >= 4 is 15.9 Å². The molecule has 0 radical (unpaired) electrons. The summed E-state index contributed by atoms with van der Waals surface area (Å²) in [6, 6.07) is 0. The third-order valence-electron chi connectivity index (χ3n) is 2.49. The highest BCUT2D eigenvalue weighted by molar-refractivity contribution is 7.85. The van der Waals surface area contributed by atoms with Gasteiger partial charge in [-0.3, -0.25) is 4.18 Å². The van der Waals surface area contributed by atoms with Crippen molar-refractivity contribution in [2.24, 2.45) is 0 Å². The summed E-state index contributed by atoms with van der Waals surface area (Å²) < 4.78 is 27.0. The smallest absolute Gasteiger partial charge is 0.342 e. The second-order valence-electron chi connectivity index (χ2n) is 4.15. The summed E-state index contributed by atoms with van der Waals surface area (Å²) in [6.07, 6.45) is -1.12. The number of hydrogen-bond donors (Lipinski definition) is 2. The van der Waals surface area contributed by atoms with Crippen LogP contribution in [0.1, 0.15) is 5.82 Å². The number of rotatable bonds is 7. The number of aryl methyl sites for hydroxylation is 1. The van der Waals surface area contributed by atoms with Gasteiger partial charge in [0.15, 0.2) is 5.82 Å². The maximum atomic E-state index is 10.8. The molecule has 0 saturated carbocycles. The van der Waals surface area contributed by atoms with Gasteiger partial charge in [0.05, 0.1) is 12.9 Å². The van der Waals surface area contributed by atoms with E-state index in [1.165, 1.54) is 6.92 Å². The molecule has 10 nitrogen and oxygen atoms in total. The van der Waals surface area contributed by atoms with Crippen LogP contribution in [-0.4, -0.2) is 58.2 Å². The van der Waals surface area contributed by atoms with Crippen LogP contribution in [0.3, 0.4) is 0 Å². The lowest BCUT2D eigenvalue weighted by molar-refractivity contribution is -0.392. The fourth-order valence-corrected chi connectivity index (χ4v) is 1.83. The highest BCUT2D eigenvalue weighted by Crippen LogP contribution is 2.15. The van der Waals surface area contributed by atoms with Gasteiger partial charge in [-0.2, -0.15) is 8.42 Å². The molecule has 0 aliphatic carbocycles. The van der Waals surface area contributed by atoms with Gasteiger partial charge in [0.25, 0.3) is 10.1 Å². The van der Waals surface area contributed by atoms with Crippen LogP contribution in [0.2, 0.25) is 0 Å². The minimum Gasteiger partial charge on any atom is -0.388 e. The molecule has 114 valence electrons. The van der Waals surface area contributed by atoms with Crippen molar-refractivity contribution < 1.29 is 27.7 Å². The summed E-state index contributed by atoms with van der Waals surface area (Å²) in [5, 5.41) is 30.0. The van der Waals surface area contributed by atoms with Gasteiger partial charge in [0.2, 0.25) is 0 Å². The fraction of sp³-hybridized carbons (Fsp3) is 0.667. The molecule has 0 aliphatic heterocycles. The average molecular weight is 309 g/mol. The number of imidazole rings is 1. The van der Waals surface area contributed by atoms with Crippen LogP contribution in [0.25, 0.3) is 0 Å². The number of nitrogens with zero attached hydrogens (tertiary/aromatic N) is 3. The topological polar surface area (TPSA) is 145 Å². The number of aliphatic hydroxyl groups is 2. The molecule has 20 heavy (non-hydrogen) atoms. The van der Waals surface area contributed by atoms with Gasteiger partial charge < -0.3 is 20.3 Å². The molecule has 11 heteroatoms. The first-order chi connectivity index (χ1) is 9.11. The van der Waals surface area contributed by atoms with Crippen LogP contribution in [0.5, 0.6) is 0 Å². The van der Waals surface area contributed by atoms with E-state index < -0.39 is 33.9 Å². The summed E-state index contributed by atoms with van der Waals surface area (Å²) in [5.41, 5.74) is 0. The molecule has 1 aromatic heterocycles. The van der Waals surface area contributed by atoms with Gasteiger partial charge in [0.1, 0.15) is 24.9 Å². The summed E-state index contributed by atoms with van der Waals surface area (Å²) in [7, 11) is -3.74. The van der Waals surface area contributed by atoms with E-state index in [9.17, 15) is 28.7 Å². The number of aliphatic hydroxyl groups excluding tert-OH is 2. The number of aromatic nitrogens is 2. The van der Waals surface area contributed by atoms with Crippen molar-refractivity contribution in [3.8, 4) is 0 Å². The Hall–Kier alpha value is -1.56. The molecule has 1 heterocycles. The zero-order valence-electron chi connectivity index (χ0n) is 10.8. The Morgan fingerprint density at radius 2 is 2.10 bits per heavy atom. The molecular formula is C9H15N3O7S. The zero-order valence-corrected chi connectivity index (χ0v) is 11.6. The van der Waals surface area contributed by atoms with Crippen molar-refractivity contribution in [2.45, 2.75) is 25.7 Å². The molecule has 0 amide bonds. The molecule has 2 atom stereocenters. The third-order valence-corrected chi connectivity index (χ3v) is 3.05. The molecule has 0 aromatic carbocycles. The van der Waals surface area contributed by atoms with E-state index in [1.54, 1.807) is 0 Å². The molecular weight excluding hydrogens is 294 g/mol. The predicted molar refractivity (Wildman–Crippen MR) is 66.4 cm³/mol. The monoisotopic (exact) mass is 309 g/mol. The van der Waals surface area contributed by atoms with Crippen molar-refractivity contribution in [1.29, 1.82) is 0 Å². The highest BCUT2D eigenvalue weighted by atomic mass is 32.2. The van der Waals surface area contributed by atoms with E-state index in [0.717, 1.165) is 17.0 Å². The Bertz CT molecular complexity index is 582. The first-order valence-corrected chi connectivity index (χ1v) is 7.30. The minimum atomic E-state index is -3.74. The Morgan fingerprint density at radius 1 is 1.50 bits per heavy atom. The van der Waals surface area contributed by atoms with E-state index in [2.05, 4.69) is 9.17 Å². The second kappa shape index (κ2) is 6.26. The summed E-state index contributed by atoms with van der Waals surface area (Å²) >= 11 is 0. The van der Waals surface area contributed by atoms with Gasteiger partial charge in [-0.25, -0.2) is 9.55 Å². The third kappa shape index (κ3) is 4.52. The summed E-state index contributed by atoms with van der Waals surface area (Å²) in [5.74, 6) is -0.0511. The van der Waals surface area contributed by atoms with E-state index in [1.807, 2.05) is 0 Å². The van der Waals surface area contributed by atoms with Crippen molar-refractivity contribution in [1.82, 2.24) is 9.55 Å². The first kappa shape index (κ1) is 16.5. The number of hydrogen-bond acceptors (Lipinski definition) is 8. The first-order valence-electron chi connectivity index (χ1n) is 5.49. The van der Waals surface area contributed by atoms with E-state index in [0.29, 0.717) is 0 Å². The van der Waals surface area contributed by atoms with Crippen LogP contribution < -0.4 is 0 Å². The Morgan fingerprint density at radius 3 is 2.60 bits per heavy atom. The van der Waals surface area contributed by atoms with Gasteiger partial charge in [-0.1, -0.05) is 0 Å². The van der Waals surface area contributed by atoms with E-state index in [4.69, 9.17) is 0 Å². The van der Waals surface area contributed by atoms with Crippen molar-refractivity contribution in [3.63, 3.8) is 0 Å². The SMILES string of the molecule is Cc1ncc([N+](=O)[O-])n1CC(O)C(O)COS(C)(=O)=O. The highest BCUT2D eigenvalue weighted by Gasteiger charge is 2.25. The molecule has 0 bridgehead atoms. The molecule has 1 rings (SSSR count). The molecule has 0 fully saturated rings. The quantitative estimate of drug-likeness (QED) is 0.363. The van der Waals surface area contributed by atoms with Crippen molar-refractivity contribution in [2.75, 3.05) is 12.9 Å². The van der Waals surface area contributed by atoms with E-state index in [-0.39, 0.29) is 18.2 Å². The maximum absolute atomic E-state index is 10.8. The van der Waals surface area contributed by atoms with Crippen LogP contribution in [0.4, 0.5) is 5.82 Å². The second-order valence-corrected chi connectivity index (χ2v) is 5.80. The maximum Gasteiger partial charge on any atom is 0.342 e. The normalized spacial score (nSPS) is 15.0. The van der Waals surface area contributed by atoms with Crippen LogP contribution in [0.15, 0.2) is 6.20 Å². The number of nitro groups is 1. The lowest BCUT2D eigenvalue weighted by atomic mass is 10.2. The van der Waals surface area contributed by atoms with E-state index >= 15 is 0 Å². The average Bonchev–Trinajstić information content (AvgIpc) is 2.67. The Labute approximate surface area is 114 Å². The lowest BCUT2D eigenvalue weighted by Gasteiger charge is -2.16. The van der Waals surface area contributed by atoms with Gasteiger partial charge >= 0.3 is 5.82 Å². The minimum absolute atomic E-state index is 0.284. The van der Waals surface area contributed by atoms with Crippen LogP contribution in [-0.2, 0) is 20.8 Å².